The smallest absolute Gasteiger partial charge is 0.264 e. The first-order chi connectivity index (χ1) is 14.4. The summed E-state index contributed by atoms with van der Waals surface area (Å²) in [6.45, 7) is 0.402. The summed E-state index contributed by atoms with van der Waals surface area (Å²) in [5.41, 5.74) is 2.02. The van der Waals surface area contributed by atoms with Crippen molar-refractivity contribution in [1.29, 1.82) is 0 Å². The number of ether oxygens (including phenoxy) is 1. The number of nitrogens with zero attached hydrogens (tertiary/aromatic N) is 2. The lowest BCUT2D eigenvalue weighted by Gasteiger charge is -2.31. The zero-order valence-electron chi connectivity index (χ0n) is 17.5. The van der Waals surface area contributed by atoms with Crippen LogP contribution < -0.4 is 9.04 Å². The minimum atomic E-state index is -3.78. The molecule has 1 amide bonds. The Morgan fingerprint density at radius 2 is 1.83 bits per heavy atom. The molecule has 0 atom stereocenters. The third-order valence-corrected chi connectivity index (χ3v) is 8.09. The van der Waals surface area contributed by atoms with E-state index in [1.54, 1.807) is 18.0 Å². The fraction of sp³-hybridized carbons (Fsp3) is 0.435. The zero-order chi connectivity index (χ0) is 21.3. The predicted molar refractivity (Wildman–Crippen MR) is 117 cm³/mol. The quantitative estimate of drug-likeness (QED) is 0.726. The van der Waals surface area contributed by atoms with E-state index in [1.807, 2.05) is 24.3 Å². The molecule has 2 aromatic carbocycles. The first-order valence-corrected chi connectivity index (χ1v) is 11.9. The SMILES string of the molecule is COc1ccc(S(=O)(=O)N2CCc3ccccc32)cc1C(=O)N(C)C1CCCCC1. The lowest BCUT2D eigenvalue weighted by Crippen LogP contribution is -2.38. The first-order valence-electron chi connectivity index (χ1n) is 10.5. The number of para-hydroxylation sites is 1. The fourth-order valence-corrected chi connectivity index (χ4v) is 6.05. The van der Waals surface area contributed by atoms with Crippen LogP contribution in [0.5, 0.6) is 5.75 Å². The van der Waals surface area contributed by atoms with Crippen LogP contribution in [-0.2, 0) is 16.4 Å². The average Bonchev–Trinajstić information content (AvgIpc) is 3.23. The molecule has 160 valence electrons. The standard InChI is InChI=1S/C23H28N2O4S/c1-24(18-9-4-3-5-10-18)23(26)20-16-19(12-13-22(20)29-2)30(27,28)25-15-14-17-8-6-7-11-21(17)25/h6-8,11-13,16,18H,3-5,9-10,14-15H2,1-2H3. The van der Waals surface area contributed by atoms with E-state index in [2.05, 4.69) is 0 Å². The van der Waals surface area contributed by atoms with Crippen molar-refractivity contribution in [2.24, 2.45) is 0 Å². The number of amides is 1. The second-order valence-corrected chi connectivity index (χ2v) is 9.89. The molecule has 1 heterocycles. The minimum absolute atomic E-state index is 0.111. The average molecular weight is 429 g/mol. The summed E-state index contributed by atoms with van der Waals surface area (Å²) >= 11 is 0. The van der Waals surface area contributed by atoms with Crippen LogP contribution in [0.3, 0.4) is 0 Å². The van der Waals surface area contributed by atoms with Crippen molar-refractivity contribution in [1.82, 2.24) is 4.90 Å². The van der Waals surface area contributed by atoms with E-state index >= 15 is 0 Å². The Hall–Kier alpha value is -2.54. The molecule has 1 fully saturated rings. The molecule has 0 aromatic heterocycles. The predicted octanol–water partition coefficient (Wildman–Crippen LogP) is 3.85. The van der Waals surface area contributed by atoms with Crippen LogP contribution in [0, 0.1) is 0 Å². The van der Waals surface area contributed by atoms with E-state index in [0.29, 0.717) is 30.0 Å². The molecule has 30 heavy (non-hydrogen) atoms. The molecule has 0 bridgehead atoms. The number of carbonyl (C=O) groups excluding carboxylic acids is 1. The number of rotatable bonds is 5. The van der Waals surface area contributed by atoms with Crippen molar-refractivity contribution >= 4 is 21.6 Å². The van der Waals surface area contributed by atoms with Gasteiger partial charge in [0.05, 0.1) is 23.3 Å². The van der Waals surface area contributed by atoms with Gasteiger partial charge in [0, 0.05) is 19.6 Å². The highest BCUT2D eigenvalue weighted by Gasteiger charge is 2.32. The van der Waals surface area contributed by atoms with E-state index in [0.717, 1.165) is 31.2 Å². The van der Waals surface area contributed by atoms with Gasteiger partial charge in [-0.15, -0.1) is 0 Å². The molecule has 1 saturated carbocycles. The summed E-state index contributed by atoms with van der Waals surface area (Å²) in [5.74, 6) is 0.195. The number of benzene rings is 2. The van der Waals surface area contributed by atoms with Crippen LogP contribution in [0.2, 0.25) is 0 Å². The third-order valence-electron chi connectivity index (χ3n) is 6.28. The van der Waals surface area contributed by atoms with Gasteiger partial charge in [-0.1, -0.05) is 37.5 Å². The normalized spacial score (nSPS) is 16.9. The maximum Gasteiger partial charge on any atom is 0.264 e. The van der Waals surface area contributed by atoms with Gasteiger partial charge in [-0.05, 0) is 49.1 Å². The Morgan fingerprint density at radius 1 is 1.10 bits per heavy atom. The van der Waals surface area contributed by atoms with E-state index < -0.39 is 10.0 Å². The summed E-state index contributed by atoms with van der Waals surface area (Å²) in [5, 5.41) is 0. The first kappa shape index (κ1) is 20.7. The molecule has 7 heteroatoms. The van der Waals surface area contributed by atoms with Crippen LogP contribution in [-0.4, -0.2) is 46.0 Å². The Balaban J connectivity index is 1.68. The maximum absolute atomic E-state index is 13.4. The molecule has 2 aliphatic rings. The van der Waals surface area contributed by atoms with Gasteiger partial charge in [0.25, 0.3) is 15.9 Å². The number of sulfonamides is 1. The summed E-state index contributed by atoms with van der Waals surface area (Å²) in [7, 11) is -0.478. The second-order valence-electron chi connectivity index (χ2n) is 8.03. The Bertz CT molecular complexity index is 1040. The summed E-state index contributed by atoms with van der Waals surface area (Å²) < 4.78 is 33.6. The van der Waals surface area contributed by atoms with E-state index in [4.69, 9.17) is 4.74 Å². The molecule has 0 spiro atoms. The number of carbonyl (C=O) groups is 1. The summed E-state index contributed by atoms with van der Waals surface area (Å²) in [4.78, 5) is 15.1. The molecule has 0 saturated heterocycles. The van der Waals surface area contributed by atoms with Gasteiger partial charge < -0.3 is 9.64 Å². The Labute approximate surface area is 178 Å². The van der Waals surface area contributed by atoms with Crippen LogP contribution in [0.15, 0.2) is 47.4 Å². The van der Waals surface area contributed by atoms with Crippen LogP contribution in [0.25, 0.3) is 0 Å². The molecule has 0 N–H and O–H groups in total. The molecule has 0 unspecified atom stereocenters. The molecule has 1 aliphatic heterocycles. The van der Waals surface area contributed by atoms with E-state index in [1.165, 1.54) is 30.0 Å². The van der Waals surface area contributed by atoms with Crippen molar-refractivity contribution in [3.8, 4) is 5.75 Å². The van der Waals surface area contributed by atoms with Gasteiger partial charge in [-0.25, -0.2) is 8.42 Å². The highest BCUT2D eigenvalue weighted by molar-refractivity contribution is 7.92. The maximum atomic E-state index is 13.4. The molecule has 1 aliphatic carbocycles. The van der Waals surface area contributed by atoms with Crippen molar-refractivity contribution in [3.05, 3.63) is 53.6 Å². The minimum Gasteiger partial charge on any atom is -0.496 e. The molecular weight excluding hydrogens is 400 g/mol. The van der Waals surface area contributed by atoms with Gasteiger partial charge in [-0.3, -0.25) is 9.10 Å². The van der Waals surface area contributed by atoms with Crippen molar-refractivity contribution in [3.63, 3.8) is 0 Å². The number of anilines is 1. The van der Waals surface area contributed by atoms with Gasteiger partial charge in [0.1, 0.15) is 5.75 Å². The molecular formula is C23H28N2O4S. The lowest BCUT2D eigenvalue weighted by atomic mass is 9.94. The molecule has 2 aromatic rings. The van der Waals surface area contributed by atoms with E-state index in [9.17, 15) is 13.2 Å². The number of fused-ring (bicyclic) bond motifs is 1. The van der Waals surface area contributed by atoms with Gasteiger partial charge in [0.2, 0.25) is 0 Å². The summed E-state index contributed by atoms with van der Waals surface area (Å²) in [6, 6.07) is 12.3. The van der Waals surface area contributed by atoms with Crippen LogP contribution in [0.4, 0.5) is 5.69 Å². The van der Waals surface area contributed by atoms with Crippen molar-refractivity contribution in [2.45, 2.75) is 49.5 Å². The molecule has 6 nitrogen and oxygen atoms in total. The van der Waals surface area contributed by atoms with Crippen LogP contribution in [0.1, 0.15) is 48.0 Å². The Morgan fingerprint density at radius 3 is 2.57 bits per heavy atom. The number of hydrogen-bond donors (Lipinski definition) is 0. The molecule has 0 radical (unpaired) electrons. The number of hydrogen-bond acceptors (Lipinski definition) is 4. The summed E-state index contributed by atoms with van der Waals surface area (Å²) in [6.07, 6.45) is 6.07. The number of methoxy groups -OCH3 is 1. The Kier molecular flexibility index (Phi) is 5.73. The van der Waals surface area contributed by atoms with Crippen LogP contribution >= 0.6 is 0 Å². The zero-order valence-corrected chi connectivity index (χ0v) is 18.3. The molecule has 4 rings (SSSR count). The van der Waals surface area contributed by atoms with E-state index in [-0.39, 0.29) is 16.8 Å². The lowest BCUT2D eigenvalue weighted by molar-refractivity contribution is 0.0692. The van der Waals surface area contributed by atoms with Gasteiger partial charge in [-0.2, -0.15) is 0 Å². The third kappa shape index (κ3) is 3.67. The van der Waals surface area contributed by atoms with Gasteiger partial charge >= 0.3 is 0 Å². The van der Waals surface area contributed by atoms with Crippen molar-refractivity contribution in [2.75, 3.05) is 25.0 Å². The monoisotopic (exact) mass is 428 g/mol. The topological polar surface area (TPSA) is 66.9 Å². The van der Waals surface area contributed by atoms with Gasteiger partial charge in [0.15, 0.2) is 0 Å². The second kappa shape index (κ2) is 8.30. The highest BCUT2D eigenvalue weighted by Crippen LogP contribution is 2.34. The van der Waals surface area contributed by atoms with Crippen molar-refractivity contribution < 1.29 is 17.9 Å². The highest BCUT2D eigenvalue weighted by atomic mass is 32.2. The largest absolute Gasteiger partial charge is 0.496 e. The fourth-order valence-electron chi connectivity index (χ4n) is 4.52.